The molecule has 0 aliphatic heterocycles. The van der Waals surface area contributed by atoms with Crippen LogP contribution in [0.4, 0.5) is 4.79 Å². The van der Waals surface area contributed by atoms with E-state index in [1.54, 1.807) is 0 Å². The third kappa shape index (κ3) is 6.02. The molecule has 2 atom stereocenters. The van der Waals surface area contributed by atoms with Crippen LogP contribution in [0.1, 0.15) is 17.5 Å². The SMILES string of the molecule is O=C(N[C@@H](CCc1ccccc1)[C@@H](O)CO)OCc1ccccc1. The van der Waals surface area contributed by atoms with Gasteiger partial charge in [0.2, 0.25) is 0 Å². The molecule has 0 saturated carbocycles. The number of aliphatic hydroxyl groups excluding tert-OH is 2. The first-order chi connectivity index (χ1) is 11.7. The molecule has 2 aromatic rings. The van der Waals surface area contributed by atoms with Gasteiger partial charge in [0.05, 0.1) is 18.8 Å². The van der Waals surface area contributed by atoms with Gasteiger partial charge in [0.1, 0.15) is 6.61 Å². The average molecular weight is 329 g/mol. The number of nitrogens with one attached hydrogen (secondary N) is 1. The number of rotatable bonds is 8. The number of aliphatic hydroxyl groups is 2. The smallest absolute Gasteiger partial charge is 0.407 e. The summed E-state index contributed by atoms with van der Waals surface area (Å²) in [4.78, 5) is 11.9. The van der Waals surface area contributed by atoms with E-state index in [1.807, 2.05) is 60.7 Å². The molecule has 24 heavy (non-hydrogen) atoms. The lowest BCUT2D eigenvalue weighted by Gasteiger charge is -2.22. The number of hydrogen-bond acceptors (Lipinski definition) is 4. The van der Waals surface area contributed by atoms with Crippen LogP contribution in [0.25, 0.3) is 0 Å². The summed E-state index contributed by atoms with van der Waals surface area (Å²) >= 11 is 0. The van der Waals surface area contributed by atoms with Gasteiger partial charge in [0.25, 0.3) is 0 Å². The maximum absolute atomic E-state index is 11.9. The molecule has 5 heteroatoms. The molecule has 2 rings (SSSR count). The van der Waals surface area contributed by atoms with Crippen LogP contribution in [0.2, 0.25) is 0 Å². The van der Waals surface area contributed by atoms with Gasteiger partial charge < -0.3 is 20.3 Å². The van der Waals surface area contributed by atoms with Crippen molar-refractivity contribution < 1.29 is 19.7 Å². The summed E-state index contributed by atoms with van der Waals surface area (Å²) in [6, 6.07) is 18.6. The molecule has 0 fully saturated rings. The Kier molecular flexibility index (Phi) is 7.26. The highest BCUT2D eigenvalue weighted by Crippen LogP contribution is 2.09. The first-order valence-electron chi connectivity index (χ1n) is 7.99. The predicted octanol–water partition coefficient (Wildman–Crippen LogP) is 2.27. The summed E-state index contributed by atoms with van der Waals surface area (Å²) in [5.41, 5.74) is 1.99. The van der Waals surface area contributed by atoms with Crippen LogP contribution in [0.15, 0.2) is 60.7 Å². The van der Waals surface area contributed by atoms with Crippen molar-refractivity contribution in [1.29, 1.82) is 0 Å². The zero-order valence-electron chi connectivity index (χ0n) is 13.5. The second-order valence-corrected chi connectivity index (χ2v) is 5.59. The van der Waals surface area contributed by atoms with E-state index in [1.165, 1.54) is 0 Å². The fraction of sp³-hybridized carbons (Fsp3) is 0.316. The number of aryl methyl sites for hydroxylation is 1. The van der Waals surface area contributed by atoms with E-state index in [9.17, 15) is 15.0 Å². The van der Waals surface area contributed by atoms with Crippen LogP contribution < -0.4 is 5.32 Å². The normalized spacial score (nSPS) is 13.1. The van der Waals surface area contributed by atoms with Crippen molar-refractivity contribution in [3.63, 3.8) is 0 Å². The molecule has 0 radical (unpaired) electrons. The zero-order chi connectivity index (χ0) is 17.2. The van der Waals surface area contributed by atoms with Crippen LogP contribution in [-0.2, 0) is 17.8 Å². The highest BCUT2D eigenvalue weighted by Gasteiger charge is 2.21. The molecule has 2 aromatic carbocycles. The Hall–Kier alpha value is -2.37. The monoisotopic (exact) mass is 329 g/mol. The predicted molar refractivity (Wildman–Crippen MR) is 91.4 cm³/mol. The van der Waals surface area contributed by atoms with Crippen molar-refractivity contribution in [3.05, 3.63) is 71.8 Å². The number of alkyl carbamates (subject to hydrolysis) is 1. The van der Waals surface area contributed by atoms with E-state index in [0.29, 0.717) is 12.8 Å². The maximum atomic E-state index is 11.9. The minimum absolute atomic E-state index is 0.160. The van der Waals surface area contributed by atoms with Crippen molar-refractivity contribution >= 4 is 6.09 Å². The van der Waals surface area contributed by atoms with Gasteiger partial charge in [-0.25, -0.2) is 4.79 Å². The molecule has 0 aromatic heterocycles. The fourth-order valence-electron chi connectivity index (χ4n) is 2.37. The van der Waals surface area contributed by atoms with Gasteiger partial charge in [0, 0.05) is 0 Å². The second-order valence-electron chi connectivity index (χ2n) is 5.59. The molecule has 0 bridgehead atoms. The van der Waals surface area contributed by atoms with Gasteiger partial charge in [0.15, 0.2) is 0 Å². The molecular formula is C19H23NO4. The van der Waals surface area contributed by atoms with Gasteiger partial charge in [-0.3, -0.25) is 0 Å². The van der Waals surface area contributed by atoms with Crippen LogP contribution in [0, 0.1) is 0 Å². The van der Waals surface area contributed by atoms with Gasteiger partial charge >= 0.3 is 6.09 Å². The lowest BCUT2D eigenvalue weighted by molar-refractivity contribution is 0.0550. The molecular weight excluding hydrogens is 306 g/mol. The van der Waals surface area contributed by atoms with E-state index in [4.69, 9.17) is 4.74 Å². The molecule has 0 aliphatic rings. The molecule has 3 N–H and O–H groups in total. The summed E-state index contributed by atoms with van der Waals surface area (Å²) in [6.45, 7) is -0.258. The third-order valence-corrected chi connectivity index (χ3v) is 3.75. The average Bonchev–Trinajstić information content (AvgIpc) is 2.64. The van der Waals surface area contributed by atoms with Crippen molar-refractivity contribution in [1.82, 2.24) is 5.32 Å². The molecule has 5 nitrogen and oxygen atoms in total. The maximum Gasteiger partial charge on any atom is 0.407 e. The van der Waals surface area contributed by atoms with Crippen molar-refractivity contribution in [3.8, 4) is 0 Å². The Balaban J connectivity index is 1.84. The van der Waals surface area contributed by atoms with E-state index < -0.39 is 24.8 Å². The van der Waals surface area contributed by atoms with E-state index >= 15 is 0 Å². The number of amides is 1. The van der Waals surface area contributed by atoms with E-state index in [-0.39, 0.29) is 6.61 Å². The lowest BCUT2D eigenvalue weighted by Crippen LogP contribution is -2.45. The van der Waals surface area contributed by atoms with E-state index in [0.717, 1.165) is 11.1 Å². The summed E-state index contributed by atoms with van der Waals surface area (Å²) in [5, 5.41) is 21.7. The summed E-state index contributed by atoms with van der Waals surface area (Å²) in [6.07, 6.45) is -0.448. The number of hydrogen-bond donors (Lipinski definition) is 3. The highest BCUT2D eigenvalue weighted by atomic mass is 16.5. The summed E-state index contributed by atoms with van der Waals surface area (Å²) in [7, 11) is 0. The Morgan fingerprint density at radius 1 is 1.00 bits per heavy atom. The Morgan fingerprint density at radius 2 is 1.58 bits per heavy atom. The van der Waals surface area contributed by atoms with Crippen molar-refractivity contribution in [2.45, 2.75) is 31.6 Å². The lowest BCUT2D eigenvalue weighted by atomic mass is 10.0. The van der Waals surface area contributed by atoms with Crippen LogP contribution >= 0.6 is 0 Å². The van der Waals surface area contributed by atoms with Gasteiger partial charge in [-0.15, -0.1) is 0 Å². The van der Waals surface area contributed by atoms with Crippen LogP contribution in [0.3, 0.4) is 0 Å². The number of ether oxygens (including phenoxy) is 1. The molecule has 0 heterocycles. The first kappa shape index (κ1) is 18.0. The van der Waals surface area contributed by atoms with Gasteiger partial charge in [-0.05, 0) is 24.0 Å². The summed E-state index contributed by atoms with van der Waals surface area (Å²) in [5.74, 6) is 0. The van der Waals surface area contributed by atoms with Crippen LogP contribution in [0.5, 0.6) is 0 Å². The molecule has 128 valence electrons. The minimum atomic E-state index is -1.03. The van der Waals surface area contributed by atoms with Crippen molar-refractivity contribution in [2.24, 2.45) is 0 Å². The molecule has 1 amide bonds. The quantitative estimate of drug-likeness (QED) is 0.694. The number of carbonyl (C=O) groups is 1. The van der Waals surface area contributed by atoms with Gasteiger partial charge in [-0.2, -0.15) is 0 Å². The Labute approximate surface area is 141 Å². The number of benzene rings is 2. The topological polar surface area (TPSA) is 78.8 Å². The molecule has 0 spiro atoms. The van der Waals surface area contributed by atoms with E-state index in [2.05, 4.69) is 5.32 Å². The molecule has 0 saturated heterocycles. The Bertz CT molecular complexity index is 603. The zero-order valence-corrected chi connectivity index (χ0v) is 13.5. The summed E-state index contributed by atoms with van der Waals surface area (Å²) < 4.78 is 5.16. The highest BCUT2D eigenvalue weighted by molar-refractivity contribution is 5.67. The molecule has 0 unspecified atom stereocenters. The number of carbonyl (C=O) groups excluding carboxylic acids is 1. The Morgan fingerprint density at radius 3 is 2.17 bits per heavy atom. The largest absolute Gasteiger partial charge is 0.445 e. The van der Waals surface area contributed by atoms with Crippen LogP contribution in [-0.4, -0.2) is 35.1 Å². The fourth-order valence-corrected chi connectivity index (χ4v) is 2.37. The minimum Gasteiger partial charge on any atom is -0.445 e. The van der Waals surface area contributed by atoms with Crippen molar-refractivity contribution in [2.75, 3.05) is 6.61 Å². The first-order valence-corrected chi connectivity index (χ1v) is 7.99. The molecule has 0 aliphatic carbocycles. The second kappa shape index (κ2) is 9.70. The van der Waals surface area contributed by atoms with Gasteiger partial charge in [-0.1, -0.05) is 60.7 Å². The third-order valence-electron chi connectivity index (χ3n) is 3.75. The standard InChI is InChI=1S/C19H23NO4/c21-13-18(22)17(12-11-15-7-3-1-4-8-15)20-19(23)24-14-16-9-5-2-6-10-16/h1-10,17-18,21-22H,11-14H2,(H,20,23)/t17-,18-/m0/s1.